The van der Waals surface area contributed by atoms with E-state index >= 15 is 0 Å². The van der Waals surface area contributed by atoms with Crippen molar-refractivity contribution >= 4 is 11.7 Å². The first-order valence-corrected chi connectivity index (χ1v) is 7.66. The Bertz CT molecular complexity index is 717. The summed E-state index contributed by atoms with van der Waals surface area (Å²) in [5.41, 5.74) is 2.75. The van der Waals surface area contributed by atoms with Crippen LogP contribution in [-0.4, -0.2) is 40.5 Å². The van der Waals surface area contributed by atoms with Gasteiger partial charge in [0, 0.05) is 31.4 Å². The lowest BCUT2D eigenvalue weighted by atomic mass is 10.2. The van der Waals surface area contributed by atoms with E-state index < -0.39 is 0 Å². The highest BCUT2D eigenvalue weighted by molar-refractivity contribution is 5.78. The molecule has 0 unspecified atom stereocenters. The number of rotatable bonds is 4. The first-order chi connectivity index (χ1) is 11.1. The number of benzene rings is 1. The van der Waals surface area contributed by atoms with Gasteiger partial charge in [-0.25, -0.2) is 4.98 Å². The lowest BCUT2D eigenvalue weighted by Crippen LogP contribution is -2.36. The van der Waals surface area contributed by atoms with Gasteiger partial charge in [0.2, 0.25) is 0 Å². The van der Waals surface area contributed by atoms with Crippen LogP contribution in [0.2, 0.25) is 0 Å². The largest absolute Gasteiger partial charge is 0.483 e. The van der Waals surface area contributed by atoms with Crippen molar-refractivity contribution in [3.8, 4) is 5.75 Å². The van der Waals surface area contributed by atoms with Crippen molar-refractivity contribution in [2.45, 2.75) is 20.4 Å². The van der Waals surface area contributed by atoms with Gasteiger partial charge >= 0.3 is 0 Å². The third-order valence-corrected chi connectivity index (χ3v) is 3.79. The molecule has 1 aliphatic heterocycles. The van der Waals surface area contributed by atoms with Crippen molar-refractivity contribution < 1.29 is 9.53 Å². The molecular weight excluding hydrogens is 292 g/mol. The van der Waals surface area contributed by atoms with E-state index in [1.807, 2.05) is 38.1 Å². The van der Waals surface area contributed by atoms with Crippen LogP contribution < -0.4 is 10.1 Å². The molecule has 1 aliphatic rings. The van der Waals surface area contributed by atoms with E-state index in [0.717, 1.165) is 28.5 Å². The summed E-state index contributed by atoms with van der Waals surface area (Å²) in [6, 6.07) is 7.76. The van der Waals surface area contributed by atoms with E-state index in [9.17, 15) is 4.79 Å². The molecule has 0 saturated heterocycles. The highest BCUT2D eigenvalue weighted by Crippen LogP contribution is 2.22. The number of amides is 1. The number of hydrogen-bond acceptors (Lipinski definition) is 5. The number of hydrogen-bond donors (Lipinski definition) is 1. The third kappa shape index (κ3) is 3.59. The van der Waals surface area contributed by atoms with E-state index in [-0.39, 0.29) is 12.5 Å². The molecule has 120 valence electrons. The average molecular weight is 312 g/mol. The van der Waals surface area contributed by atoms with Gasteiger partial charge in [0.1, 0.15) is 11.6 Å². The lowest BCUT2D eigenvalue weighted by molar-refractivity contribution is -0.133. The van der Waals surface area contributed by atoms with Crippen molar-refractivity contribution in [2.75, 3.05) is 25.0 Å². The molecule has 2 heterocycles. The Hall–Kier alpha value is -2.63. The van der Waals surface area contributed by atoms with Crippen LogP contribution >= 0.6 is 0 Å². The molecule has 0 aliphatic carbocycles. The molecule has 1 aromatic heterocycles. The Kier molecular flexibility index (Phi) is 4.41. The Morgan fingerprint density at radius 2 is 2.13 bits per heavy atom. The number of anilines is 1. The number of carbonyl (C=O) groups excluding carboxylic acids is 1. The number of nitrogens with zero attached hydrogens (tertiary/aromatic N) is 3. The normalized spacial score (nSPS) is 14.0. The molecule has 0 fully saturated rings. The molecule has 23 heavy (non-hydrogen) atoms. The summed E-state index contributed by atoms with van der Waals surface area (Å²) in [4.78, 5) is 22.7. The van der Waals surface area contributed by atoms with Gasteiger partial charge in [0.25, 0.3) is 5.91 Å². The Morgan fingerprint density at radius 1 is 1.30 bits per heavy atom. The SMILES string of the molecule is Cc1cnc(C)c(NCCN2Cc3ccccc3OCC2=O)n1. The molecule has 0 bridgehead atoms. The Morgan fingerprint density at radius 3 is 3.00 bits per heavy atom. The maximum absolute atomic E-state index is 12.2. The third-order valence-electron chi connectivity index (χ3n) is 3.79. The number of fused-ring (bicyclic) bond motifs is 1. The predicted octanol–water partition coefficient (Wildman–Crippen LogP) is 1.93. The second-order valence-corrected chi connectivity index (χ2v) is 5.58. The zero-order chi connectivity index (χ0) is 16.2. The lowest BCUT2D eigenvalue weighted by Gasteiger charge is -2.20. The molecule has 1 amide bonds. The van der Waals surface area contributed by atoms with E-state index in [1.165, 1.54) is 0 Å². The minimum absolute atomic E-state index is 0.00458. The molecule has 0 saturated carbocycles. The standard InChI is InChI=1S/C17H20N4O2/c1-12-9-19-13(2)17(20-12)18-7-8-21-10-14-5-3-4-6-15(14)23-11-16(21)22/h3-6,9H,7-8,10-11H2,1-2H3,(H,18,20). The fraction of sp³-hybridized carbons (Fsp3) is 0.353. The van der Waals surface area contributed by atoms with Gasteiger partial charge in [0.05, 0.1) is 11.4 Å². The van der Waals surface area contributed by atoms with E-state index in [4.69, 9.17) is 4.74 Å². The van der Waals surface area contributed by atoms with Gasteiger partial charge < -0.3 is 15.0 Å². The van der Waals surface area contributed by atoms with Gasteiger partial charge in [-0.15, -0.1) is 0 Å². The van der Waals surface area contributed by atoms with Gasteiger partial charge in [0.15, 0.2) is 6.61 Å². The minimum Gasteiger partial charge on any atom is -0.483 e. The van der Waals surface area contributed by atoms with Crippen molar-refractivity contribution in [2.24, 2.45) is 0 Å². The highest BCUT2D eigenvalue weighted by atomic mass is 16.5. The molecule has 0 radical (unpaired) electrons. The van der Waals surface area contributed by atoms with Gasteiger partial charge in [-0.1, -0.05) is 18.2 Å². The summed E-state index contributed by atoms with van der Waals surface area (Å²) in [5, 5.41) is 3.26. The average Bonchev–Trinajstić information content (AvgIpc) is 2.71. The van der Waals surface area contributed by atoms with Crippen molar-refractivity contribution in [3.63, 3.8) is 0 Å². The van der Waals surface area contributed by atoms with E-state index in [1.54, 1.807) is 11.1 Å². The second kappa shape index (κ2) is 6.64. The number of nitrogens with one attached hydrogen (secondary N) is 1. The topological polar surface area (TPSA) is 67.3 Å². The number of para-hydroxylation sites is 1. The van der Waals surface area contributed by atoms with Crippen LogP contribution in [0, 0.1) is 13.8 Å². The fourth-order valence-electron chi connectivity index (χ4n) is 2.52. The van der Waals surface area contributed by atoms with Crippen LogP contribution in [0.25, 0.3) is 0 Å². The zero-order valence-corrected chi connectivity index (χ0v) is 13.4. The predicted molar refractivity (Wildman–Crippen MR) is 87.3 cm³/mol. The summed E-state index contributed by atoms with van der Waals surface area (Å²) < 4.78 is 5.56. The summed E-state index contributed by atoms with van der Waals surface area (Å²) in [6.45, 7) is 5.67. The van der Waals surface area contributed by atoms with Crippen LogP contribution in [-0.2, 0) is 11.3 Å². The maximum atomic E-state index is 12.2. The number of aryl methyl sites for hydroxylation is 2. The van der Waals surface area contributed by atoms with Crippen molar-refractivity contribution in [1.82, 2.24) is 14.9 Å². The van der Waals surface area contributed by atoms with Gasteiger partial charge in [-0.05, 0) is 19.9 Å². The number of ether oxygens (including phenoxy) is 1. The first kappa shape index (κ1) is 15.3. The Balaban J connectivity index is 1.63. The molecule has 2 aromatic rings. The number of carbonyl (C=O) groups is 1. The molecule has 0 atom stereocenters. The summed E-state index contributed by atoms with van der Waals surface area (Å²) in [6.07, 6.45) is 1.74. The molecule has 6 heteroatoms. The highest BCUT2D eigenvalue weighted by Gasteiger charge is 2.20. The Labute approximate surface area is 135 Å². The van der Waals surface area contributed by atoms with Gasteiger partial charge in [-0.2, -0.15) is 0 Å². The molecule has 0 spiro atoms. The van der Waals surface area contributed by atoms with Crippen LogP contribution in [0.5, 0.6) is 5.75 Å². The van der Waals surface area contributed by atoms with Gasteiger partial charge in [-0.3, -0.25) is 9.78 Å². The van der Waals surface area contributed by atoms with Crippen molar-refractivity contribution in [3.05, 3.63) is 47.4 Å². The molecule has 1 N–H and O–H groups in total. The van der Waals surface area contributed by atoms with E-state index in [2.05, 4.69) is 15.3 Å². The minimum atomic E-state index is -0.00458. The zero-order valence-electron chi connectivity index (χ0n) is 13.4. The smallest absolute Gasteiger partial charge is 0.260 e. The quantitative estimate of drug-likeness (QED) is 0.934. The number of aromatic nitrogens is 2. The summed E-state index contributed by atoms with van der Waals surface area (Å²) in [5.74, 6) is 1.55. The van der Waals surface area contributed by atoms with Crippen LogP contribution in [0.3, 0.4) is 0 Å². The summed E-state index contributed by atoms with van der Waals surface area (Å²) >= 11 is 0. The van der Waals surface area contributed by atoms with Crippen LogP contribution in [0.15, 0.2) is 30.5 Å². The first-order valence-electron chi connectivity index (χ1n) is 7.66. The molecule has 6 nitrogen and oxygen atoms in total. The molecule has 3 rings (SSSR count). The molecule has 1 aromatic carbocycles. The maximum Gasteiger partial charge on any atom is 0.260 e. The second-order valence-electron chi connectivity index (χ2n) is 5.58. The molecular formula is C17H20N4O2. The van der Waals surface area contributed by atoms with Crippen LogP contribution in [0.4, 0.5) is 5.82 Å². The van der Waals surface area contributed by atoms with E-state index in [0.29, 0.717) is 19.6 Å². The van der Waals surface area contributed by atoms with Crippen molar-refractivity contribution in [1.29, 1.82) is 0 Å². The van der Waals surface area contributed by atoms with Crippen LogP contribution in [0.1, 0.15) is 17.0 Å². The fourth-order valence-corrected chi connectivity index (χ4v) is 2.52. The summed E-state index contributed by atoms with van der Waals surface area (Å²) in [7, 11) is 0. The monoisotopic (exact) mass is 312 g/mol.